The van der Waals surface area contributed by atoms with Gasteiger partial charge in [-0.1, -0.05) is 39.3 Å². The molecule has 3 rings (SSSR count). The van der Waals surface area contributed by atoms with E-state index in [9.17, 15) is 9.59 Å². The molecule has 1 aliphatic rings. The Morgan fingerprint density at radius 2 is 2.07 bits per heavy atom. The summed E-state index contributed by atoms with van der Waals surface area (Å²) in [5, 5.41) is 7.90. The van der Waals surface area contributed by atoms with Gasteiger partial charge >= 0.3 is 6.03 Å². The summed E-state index contributed by atoms with van der Waals surface area (Å²) in [6.45, 7) is 9.52. The average molecular weight is 387 g/mol. The fourth-order valence-electron chi connectivity index (χ4n) is 3.42. The number of hydrogen-bond acceptors (Lipinski definition) is 5. The minimum Gasteiger partial charge on any atom is -0.493 e. The summed E-state index contributed by atoms with van der Waals surface area (Å²) in [7, 11) is 0. The maximum Gasteiger partial charge on any atom is 0.324 e. The zero-order valence-electron chi connectivity index (χ0n) is 17.1. The van der Waals surface area contributed by atoms with Crippen LogP contribution in [0.15, 0.2) is 16.7 Å². The van der Waals surface area contributed by atoms with Crippen molar-refractivity contribution in [2.75, 3.05) is 19.7 Å². The van der Waals surface area contributed by atoms with E-state index in [1.165, 1.54) is 4.90 Å². The van der Waals surface area contributed by atoms with E-state index >= 15 is 0 Å². The Labute approximate surface area is 165 Å². The molecule has 1 aromatic heterocycles. The van der Waals surface area contributed by atoms with Gasteiger partial charge in [-0.3, -0.25) is 9.69 Å². The molecule has 0 saturated carbocycles. The van der Waals surface area contributed by atoms with Crippen LogP contribution >= 0.6 is 0 Å². The lowest BCUT2D eigenvalue weighted by Crippen LogP contribution is -2.32. The molecule has 1 N–H and O–H groups in total. The monoisotopic (exact) mass is 387 g/mol. The lowest BCUT2D eigenvalue weighted by atomic mass is 9.89. The first-order valence-corrected chi connectivity index (χ1v) is 9.91. The Balaban J connectivity index is 1.71. The molecule has 7 heteroatoms. The first-order valence-electron chi connectivity index (χ1n) is 9.91. The van der Waals surface area contributed by atoms with Gasteiger partial charge in [0.15, 0.2) is 0 Å². The van der Waals surface area contributed by atoms with Crippen LogP contribution in [0.3, 0.4) is 0 Å². The third-order valence-electron chi connectivity index (χ3n) is 4.70. The van der Waals surface area contributed by atoms with Crippen LogP contribution < -0.4 is 10.1 Å². The molecule has 2 aromatic rings. The Hall–Kier alpha value is -2.57. The topological polar surface area (TPSA) is 84.7 Å². The van der Waals surface area contributed by atoms with E-state index in [1.807, 2.05) is 12.1 Å². The summed E-state index contributed by atoms with van der Waals surface area (Å²) in [4.78, 5) is 24.4. The number of aromatic nitrogens is 1. The second kappa shape index (κ2) is 8.20. The van der Waals surface area contributed by atoms with Crippen LogP contribution in [-0.2, 0) is 17.6 Å². The molecular formula is C21H29N3O4. The molecule has 0 unspecified atom stereocenters. The molecular weight excluding hydrogens is 358 g/mol. The number of rotatable bonds is 8. The fourth-order valence-corrected chi connectivity index (χ4v) is 3.42. The molecule has 2 heterocycles. The van der Waals surface area contributed by atoms with Crippen LogP contribution in [0.1, 0.15) is 51.9 Å². The van der Waals surface area contributed by atoms with Crippen molar-refractivity contribution in [3.05, 3.63) is 23.5 Å². The first kappa shape index (κ1) is 20.2. The number of fused-ring (bicyclic) bond motifs is 1. The van der Waals surface area contributed by atoms with Crippen molar-refractivity contribution >= 4 is 22.8 Å². The third kappa shape index (κ3) is 4.46. The van der Waals surface area contributed by atoms with Crippen LogP contribution in [0.25, 0.3) is 10.9 Å². The van der Waals surface area contributed by atoms with Gasteiger partial charge in [0.05, 0.1) is 13.2 Å². The molecule has 0 atom stereocenters. The van der Waals surface area contributed by atoms with Gasteiger partial charge in [0.1, 0.15) is 17.0 Å². The normalized spacial score (nSPS) is 14.8. The SMILES string of the molecule is CCCc1c(OCCCN2C(=O)CNC2=O)ccc2c(CC(C)(C)C)onc12. The number of nitrogens with one attached hydrogen (secondary N) is 1. The summed E-state index contributed by atoms with van der Waals surface area (Å²) in [6, 6.07) is 3.66. The van der Waals surface area contributed by atoms with E-state index in [0.717, 1.165) is 47.2 Å². The molecule has 0 bridgehead atoms. The summed E-state index contributed by atoms with van der Waals surface area (Å²) in [5.41, 5.74) is 2.04. The van der Waals surface area contributed by atoms with Crippen molar-refractivity contribution < 1.29 is 18.8 Å². The van der Waals surface area contributed by atoms with Gasteiger partial charge in [-0.15, -0.1) is 0 Å². The van der Waals surface area contributed by atoms with Gasteiger partial charge in [-0.25, -0.2) is 4.79 Å². The quantitative estimate of drug-likeness (QED) is 0.552. The highest BCUT2D eigenvalue weighted by atomic mass is 16.5. The molecule has 152 valence electrons. The summed E-state index contributed by atoms with van der Waals surface area (Å²) in [5.74, 6) is 1.51. The zero-order chi connectivity index (χ0) is 20.3. The number of imide groups is 1. The highest BCUT2D eigenvalue weighted by Crippen LogP contribution is 2.33. The van der Waals surface area contributed by atoms with Crippen LogP contribution in [0.4, 0.5) is 4.79 Å². The standard InChI is InChI=1S/C21H29N3O4/c1-5-7-14-16(27-11-6-10-24-18(25)13-22-20(24)26)9-8-15-17(12-21(2,3)4)28-23-19(14)15/h8-9H,5-7,10-13H2,1-4H3,(H,22,26). The maximum atomic E-state index is 11.6. The Kier molecular flexibility index (Phi) is 5.91. The largest absolute Gasteiger partial charge is 0.493 e. The number of carbonyl (C=O) groups is 2. The number of benzene rings is 1. The van der Waals surface area contributed by atoms with Gasteiger partial charge in [-0.2, -0.15) is 0 Å². The third-order valence-corrected chi connectivity index (χ3v) is 4.70. The molecule has 1 fully saturated rings. The van der Waals surface area contributed by atoms with Gasteiger partial charge < -0.3 is 14.6 Å². The average Bonchev–Trinajstić information content (AvgIpc) is 3.16. The van der Waals surface area contributed by atoms with E-state index in [0.29, 0.717) is 19.6 Å². The zero-order valence-corrected chi connectivity index (χ0v) is 17.1. The van der Waals surface area contributed by atoms with Gasteiger partial charge in [0, 0.05) is 23.9 Å². The van der Waals surface area contributed by atoms with Crippen molar-refractivity contribution in [2.24, 2.45) is 5.41 Å². The van der Waals surface area contributed by atoms with Crippen molar-refractivity contribution in [3.63, 3.8) is 0 Å². The number of nitrogens with zero attached hydrogens (tertiary/aromatic N) is 2. The van der Waals surface area contributed by atoms with Crippen molar-refractivity contribution in [1.82, 2.24) is 15.4 Å². The number of hydrogen-bond donors (Lipinski definition) is 1. The van der Waals surface area contributed by atoms with Crippen LogP contribution in [0.2, 0.25) is 0 Å². The predicted molar refractivity (Wildman–Crippen MR) is 106 cm³/mol. The molecule has 7 nitrogen and oxygen atoms in total. The number of urea groups is 1. The number of carbonyl (C=O) groups excluding carboxylic acids is 2. The van der Waals surface area contributed by atoms with Crippen LogP contribution in [0.5, 0.6) is 5.75 Å². The fraction of sp³-hybridized carbons (Fsp3) is 0.571. The molecule has 3 amide bonds. The summed E-state index contributed by atoms with van der Waals surface area (Å²) >= 11 is 0. The maximum absolute atomic E-state index is 11.6. The summed E-state index contributed by atoms with van der Waals surface area (Å²) in [6.07, 6.45) is 3.22. The van der Waals surface area contributed by atoms with E-state index in [-0.39, 0.29) is 23.9 Å². The van der Waals surface area contributed by atoms with E-state index < -0.39 is 0 Å². The first-order chi connectivity index (χ1) is 13.3. The van der Waals surface area contributed by atoms with Gasteiger partial charge in [-0.05, 0) is 30.4 Å². The Bertz CT molecular complexity index is 850. The predicted octanol–water partition coefficient (Wildman–Crippen LogP) is 3.69. The number of aryl methyl sites for hydroxylation is 1. The Morgan fingerprint density at radius 3 is 2.71 bits per heavy atom. The molecule has 1 saturated heterocycles. The van der Waals surface area contributed by atoms with E-state index in [4.69, 9.17) is 9.26 Å². The number of ether oxygens (including phenoxy) is 1. The molecule has 0 aliphatic carbocycles. The van der Waals surface area contributed by atoms with Gasteiger partial charge in [0.2, 0.25) is 5.91 Å². The van der Waals surface area contributed by atoms with Crippen LogP contribution in [0, 0.1) is 5.41 Å². The van der Waals surface area contributed by atoms with E-state index in [2.05, 4.69) is 38.2 Å². The van der Waals surface area contributed by atoms with Crippen molar-refractivity contribution in [3.8, 4) is 5.75 Å². The molecule has 28 heavy (non-hydrogen) atoms. The van der Waals surface area contributed by atoms with Crippen molar-refractivity contribution in [2.45, 2.75) is 53.4 Å². The minimum atomic E-state index is -0.327. The van der Waals surface area contributed by atoms with E-state index in [1.54, 1.807) is 0 Å². The summed E-state index contributed by atoms with van der Waals surface area (Å²) < 4.78 is 11.6. The molecule has 1 aromatic carbocycles. The smallest absolute Gasteiger partial charge is 0.324 e. The number of amides is 3. The lowest BCUT2D eigenvalue weighted by Gasteiger charge is -2.16. The van der Waals surface area contributed by atoms with Gasteiger partial charge in [0.25, 0.3) is 0 Å². The van der Waals surface area contributed by atoms with Crippen LogP contribution in [-0.4, -0.2) is 41.7 Å². The van der Waals surface area contributed by atoms with Crippen molar-refractivity contribution in [1.29, 1.82) is 0 Å². The Morgan fingerprint density at radius 1 is 1.29 bits per heavy atom. The second-order valence-electron chi connectivity index (χ2n) is 8.44. The molecule has 0 spiro atoms. The second-order valence-corrected chi connectivity index (χ2v) is 8.44. The minimum absolute atomic E-state index is 0.0834. The highest BCUT2D eigenvalue weighted by Gasteiger charge is 2.27. The highest BCUT2D eigenvalue weighted by molar-refractivity contribution is 6.01. The molecule has 0 radical (unpaired) electrons. The molecule has 1 aliphatic heterocycles. The lowest BCUT2D eigenvalue weighted by molar-refractivity contribution is -0.125.